The normalized spacial score (nSPS) is 13.3. The number of carboxylic acids is 1. The molecule has 0 aliphatic carbocycles. The van der Waals surface area contributed by atoms with Gasteiger partial charge in [-0.15, -0.1) is 0 Å². The van der Waals surface area contributed by atoms with E-state index in [1.54, 1.807) is 48.5 Å². The van der Waals surface area contributed by atoms with Crippen LogP contribution in [0.3, 0.4) is 0 Å². The van der Waals surface area contributed by atoms with E-state index in [0.717, 1.165) is 30.0 Å². The van der Waals surface area contributed by atoms with Crippen LogP contribution in [0.2, 0.25) is 10.0 Å². The molecular weight excluding hydrogens is 498 g/mol. The topological polar surface area (TPSA) is 49.3 Å². The van der Waals surface area contributed by atoms with Gasteiger partial charge in [0.1, 0.15) is 0 Å². The van der Waals surface area contributed by atoms with Crippen LogP contribution < -0.4 is 5.32 Å². The number of hydrogen-bond donors (Lipinski definition) is 2. The van der Waals surface area contributed by atoms with Gasteiger partial charge in [0.25, 0.3) is 0 Å². The van der Waals surface area contributed by atoms with Crippen LogP contribution in [-0.4, -0.2) is 23.8 Å². The molecule has 0 amide bonds. The molecule has 0 fully saturated rings. The molecule has 0 saturated carbocycles. The number of rotatable bonds is 9. The fraction of sp³-hybridized carbons (Fsp3) is 0.296. The molecule has 186 valence electrons. The fourth-order valence-electron chi connectivity index (χ4n) is 4.00. The van der Waals surface area contributed by atoms with Crippen molar-refractivity contribution in [2.24, 2.45) is 5.92 Å². The van der Waals surface area contributed by atoms with Crippen LogP contribution in [0, 0.1) is 5.92 Å². The highest BCUT2D eigenvalue weighted by atomic mass is 35.5. The summed E-state index contributed by atoms with van der Waals surface area (Å²) in [5.41, 5.74) is 4.16. The summed E-state index contributed by atoms with van der Waals surface area (Å²) in [6, 6.07) is 17.2. The standard InChI is InChI=1S/C27H26Cl2F3NO2/c1-3-17-4-5-20(14-26(34)35)22(12-17)19-8-11-24(29)25(13-19)33-15-23(16(2)27(30,31)32)18-6-9-21(28)10-7-18/h4-13,16,23,33H,3,14-15H2,1-2H3,(H,34,35)/t16-,23+/m1/s1. The summed E-state index contributed by atoms with van der Waals surface area (Å²) in [7, 11) is 0. The number of aryl methyl sites for hydroxylation is 1. The van der Waals surface area contributed by atoms with Crippen molar-refractivity contribution in [3.05, 3.63) is 87.4 Å². The van der Waals surface area contributed by atoms with Gasteiger partial charge in [0.2, 0.25) is 0 Å². The van der Waals surface area contributed by atoms with Crippen molar-refractivity contribution in [1.82, 2.24) is 0 Å². The minimum atomic E-state index is -4.38. The number of benzene rings is 3. The van der Waals surface area contributed by atoms with Gasteiger partial charge >= 0.3 is 12.1 Å². The molecule has 0 bridgehead atoms. The molecule has 0 unspecified atom stereocenters. The summed E-state index contributed by atoms with van der Waals surface area (Å²) >= 11 is 12.3. The van der Waals surface area contributed by atoms with Crippen LogP contribution in [-0.2, 0) is 17.6 Å². The smallest absolute Gasteiger partial charge is 0.392 e. The van der Waals surface area contributed by atoms with E-state index in [0.29, 0.717) is 26.9 Å². The van der Waals surface area contributed by atoms with Crippen molar-refractivity contribution in [1.29, 1.82) is 0 Å². The molecule has 3 rings (SSSR count). The molecule has 8 heteroatoms. The zero-order valence-electron chi connectivity index (χ0n) is 19.3. The lowest BCUT2D eigenvalue weighted by molar-refractivity contribution is -0.174. The lowest BCUT2D eigenvalue weighted by atomic mass is 9.86. The Hall–Kier alpha value is -2.70. The maximum absolute atomic E-state index is 13.6. The average molecular weight is 524 g/mol. The molecule has 0 aliphatic rings. The largest absolute Gasteiger partial charge is 0.481 e. The number of aliphatic carboxylic acids is 1. The van der Waals surface area contributed by atoms with Gasteiger partial charge in [-0.05, 0) is 58.5 Å². The summed E-state index contributed by atoms with van der Waals surface area (Å²) in [6.07, 6.45) is -3.76. The van der Waals surface area contributed by atoms with Crippen LogP contribution in [0.25, 0.3) is 11.1 Å². The molecule has 3 aromatic rings. The third-order valence-electron chi connectivity index (χ3n) is 6.13. The first-order chi connectivity index (χ1) is 16.5. The van der Waals surface area contributed by atoms with Crippen molar-refractivity contribution in [3.8, 4) is 11.1 Å². The van der Waals surface area contributed by atoms with Crippen LogP contribution in [0.1, 0.15) is 36.5 Å². The predicted molar refractivity (Wildman–Crippen MR) is 136 cm³/mol. The van der Waals surface area contributed by atoms with Crippen LogP contribution >= 0.6 is 23.2 Å². The lowest BCUT2D eigenvalue weighted by Crippen LogP contribution is -2.30. The number of alkyl halides is 3. The molecule has 2 N–H and O–H groups in total. The van der Waals surface area contributed by atoms with E-state index in [1.807, 2.05) is 19.1 Å². The molecule has 35 heavy (non-hydrogen) atoms. The van der Waals surface area contributed by atoms with E-state index in [4.69, 9.17) is 23.2 Å². The number of nitrogens with one attached hydrogen (secondary N) is 1. The molecule has 0 aliphatic heterocycles. The van der Waals surface area contributed by atoms with E-state index in [2.05, 4.69) is 5.32 Å². The lowest BCUT2D eigenvalue weighted by Gasteiger charge is -2.27. The molecule has 0 heterocycles. The number of carbonyl (C=O) groups is 1. The molecule has 0 spiro atoms. The number of carboxylic acid groups (broad SMARTS) is 1. The SMILES string of the molecule is CCc1ccc(CC(=O)O)c(-c2ccc(Cl)c(NC[C@H](c3ccc(Cl)cc3)[C@@H](C)C(F)(F)F)c2)c1. The second-order valence-corrected chi connectivity index (χ2v) is 9.32. The summed E-state index contributed by atoms with van der Waals surface area (Å²) in [5.74, 6) is -3.44. The Balaban J connectivity index is 1.95. The summed E-state index contributed by atoms with van der Waals surface area (Å²) in [6.45, 7) is 3.15. The number of anilines is 1. The first kappa shape index (κ1) is 26.9. The Labute approximate surface area is 212 Å². The van der Waals surface area contributed by atoms with Gasteiger partial charge in [0.05, 0.1) is 23.0 Å². The average Bonchev–Trinajstić information content (AvgIpc) is 2.80. The van der Waals surface area contributed by atoms with E-state index in [-0.39, 0.29) is 13.0 Å². The molecular formula is C27H26Cl2F3NO2. The summed E-state index contributed by atoms with van der Waals surface area (Å²) in [5, 5.41) is 13.2. The van der Waals surface area contributed by atoms with E-state index in [1.165, 1.54) is 0 Å². The second-order valence-electron chi connectivity index (χ2n) is 8.48. The van der Waals surface area contributed by atoms with Gasteiger partial charge in [-0.1, -0.05) is 73.4 Å². The van der Waals surface area contributed by atoms with Gasteiger partial charge in [0, 0.05) is 17.5 Å². The third-order valence-corrected chi connectivity index (χ3v) is 6.71. The highest BCUT2D eigenvalue weighted by Crippen LogP contribution is 2.39. The molecule has 0 aromatic heterocycles. The molecule has 0 saturated heterocycles. The van der Waals surface area contributed by atoms with E-state index in [9.17, 15) is 23.1 Å². The molecule has 3 aromatic carbocycles. The second kappa shape index (κ2) is 11.4. The number of halogens is 5. The van der Waals surface area contributed by atoms with Crippen molar-refractivity contribution in [3.63, 3.8) is 0 Å². The predicted octanol–water partition coefficient (Wildman–Crippen LogP) is 8.24. The minimum Gasteiger partial charge on any atom is -0.481 e. The van der Waals surface area contributed by atoms with Crippen molar-refractivity contribution < 1.29 is 23.1 Å². The third kappa shape index (κ3) is 6.92. The van der Waals surface area contributed by atoms with Gasteiger partial charge < -0.3 is 10.4 Å². The van der Waals surface area contributed by atoms with Gasteiger partial charge in [-0.3, -0.25) is 4.79 Å². The van der Waals surface area contributed by atoms with Gasteiger partial charge in [0.15, 0.2) is 0 Å². The zero-order chi connectivity index (χ0) is 25.8. The maximum Gasteiger partial charge on any atom is 0.392 e. The van der Waals surface area contributed by atoms with Crippen LogP contribution in [0.5, 0.6) is 0 Å². The minimum absolute atomic E-state index is 0.0114. The Morgan fingerprint density at radius 1 is 1.03 bits per heavy atom. The summed E-state index contributed by atoms with van der Waals surface area (Å²) < 4.78 is 40.9. The Morgan fingerprint density at radius 3 is 2.31 bits per heavy atom. The Kier molecular flexibility index (Phi) is 8.73. The van der Waals surface area contributed by atoms with Crippen molar-refractivity contribution in [2.45, 2.75) is 38.8 Å². The zero-order valence-corrected chi connectivity index (χ0v) is 20.8. The summed E-state index contributed by atoms with van der Waals surface area (Å²) in [4.78, 5) is 11.4. The fourth-order valence-corrected chi connectivity index (χ4v) is 4.31. The van der Waals surface area contributed by atoms with Crippen LogP contribution in [0.4, 0.5) is 18.9 Å². The maximum atomic E-state index is 13.6. The van der Waals surface area contributed by atoms with E-state index < -0.39 is 24.0 Å². The quantitative estimate of drug-likeness (QED) is 0.296. The highest BCUT2D eigenvalue weighted by molar-refractivity contribution is 6.33. The van der Waals surface area contributed by atoms with E-state index >= 15 is 0 Å². The van der Waals surface area contributed by atoms with Gasteiger partial charge in [-0.25, -0.2) is 0 Å². The first-order valence-electron chi connectivity index (χ1n) is 11.2. The van der Waals surface area contributed by atoms with Crippen molar-refractivity contribution in [2.75, 3.05) is 11.9 Å². The number of hydrogen-bond acceptors (Lipinski definition) is 2. The Morgan fingerprint density at radius 2 is 1.71 bits per heavy atom. The first-order valence-corrected chi connectivity index (χ1v) is 11.9. The molecule has 0 radical (unpaired) electrons. The molecule has 3 nitrogen and oxygen atoms in total. The Bertz CT molecular complexity index is 1180. The monoisotopic (exact) mass is 523 g/mol. The van der Waals surface area contributed by atoms with Gasteiger partial charge in [-0.2, -0.15) is 13.2 Å². The van der Waals surface area contributed by atoms with Crippen LogP contribution in [0.15, 0.2) is 60.7 Å². The van der Waals surface area contributed by atoms with Crippen molar-refractivity contribution >= 4 is 34.9 Å². The molecule has 2 atom stereocenters. The highest BCUT2D eigenvalue weighted by Gasteiger charge is 2.41.